The van der Waals surface area contributed by atoms with Gasteiger partial charge in [0, 0.05) is 25.1 Å². The number of thiophene rings is 1. The van der Waals surface area contributed by atoms with Crippen LogP contribution in [0.1, 0.15) is 0 Å². The minimum atomic E-state index is 0.109. The maximum atomic E-state index is 9.46. The monoisotopic (exact) mass is 292 g/mol. The van der Waals surface area contributed by atoms with Crippen molar-refractivity contribution < 1.29 is 10.2 Å². The van der Waals surface area contributed by atoms with Gasteiger partial charge in [0.2, 0.25) is 0 Å². The normalized spacial score (nSPS) is 10.8. The van der Waals surface area contributed by atoms with Crippen molar-refractivity contribution >= 4 is 44.0 Å². The fourth-order valence-corrected chi connectivity index (χ4v) is 3.09. The smallest absolute Gasteiger partial charge is 0.129 e. The zero-order chi connectivity index (χ0) is 8.72. The summed E-state index contributed by atoms with van der Waals surface area (Å²) in [7, 11) is 0. The number of fused-ring (bicyclic) bond motifs is 1. The lowest BCUT2D eigenvalue weighted by molar-refractivity contribution is 0.455. The second-order valence-corrected chi connectivity index (χ2v) is 4.50. The van der Waals surface area contributed by atoms with E-state index in [1.165, 1.54) is 17.4 Å². The highest BCUT2D eigenvalue weighted by Crippen LogP contribution is 2.36. The van der Waals surface area contributed by atoms with E-state index >= 15 is 0 Å². The Bertz CT molecular complexity index is 436. The minimum Gasteiger partial charge on any atom is -0.508 e. The number of hydrogen-bond donors (Lipinski definition) is 2. The van der Waals surface area contributed by atoms with Crippen LogP contribution in [0.15, 0.2) is 17.5 Å². The van der Waals surface area contributed by atoms with Gasteiger partial charge in [0.25, 0.3) is 0 Å². The molecule has 0 amide bonds. The number of rotatable bonds is 0. The first-order valence-corrected chi connectivity index (χ1v) is 5.23. The highest BCUT2D eigenvalue weighted by atomic mass is 127. The van der Waals surface area contributed by atoms with E-state index in [4.69, 9.17) is 5.11 Å². The molecular formula is C8H5IO2S. The summed E-state index contributed by atoms with van der Waals surface area (Å²) in [5, 5.41) is 21.4. The summed E-state index contributed by atoms with van der Waals surface area (Å²) in [4.78, 5) is 0. The minimum absolute atomic E-state index is 0.109. The molecule has 0 aliphatic carbocycles. The number of phenolic OH excluding ortho intramolecular Hbond substituents is 2. The van der Waals surface area contributed by atoms with Crippen molar-refractivity contribution in [1.29, 1.82) is 0 Å². The van der Waals surface area contributed by atoms with Crippen LogP contribution in [-0.2, 0) is 0 Å². The molecule has 4 heteroatoms. The Balaban J connectivity index is 2.93. The fraction of sp³-hybridized carbons (Fsp3) is 0. The molecule has 0 bridgehead atoms. The highest BCUT2D eigenvalue weighted by Gasteiger charge is 2.07. The topological polar surface area (TPSA) is 40.5 Å². The van der Waals surface area contributed by atoms with Crippen molar-refractivity contribution in [3.05, 3.63) is 21.1 Å². The molecular weight excluding hydrogens is 287 g/mol. The molecule has 0 spiro atoms. The van der Waals surface area contributed by atoms with E-state index in [1.807, 2.05) is 5.38 Å². The van der Waals surface area contributed by atoms with Crippen LogP contribution in [0.3, 0.4) is 0 Å². The molecule has 2 N–H and O–H groups in total. The summed E-state index contributed by atoms with van der Waals surface area (Å²) in [5.74, 6) is 0.258. The quantitative estimate of drug-likeness (QED) is 0.733. The Labute approximate surface area is 86.6 Å². The number of halogens is 1. The van der Waals surface area contributed by atoms with E-state index < -0.39 is 0 Å². The van der Waals surface area contributed by atoms with Crippen LogP contribution in [0.25, 0.3) is 10.1 Å². The third kappa shape index (κ3) is 1.15. The van der Waals surface area contributed by atoms with Crippen LogP contribution in [-0.4, -0.2) is 10.2 Å². The van der Waals surface area contributed by atoms with Gasteiger partial charge in [-0.15, -0.1) is 11.3 Å². The predicted molar refractivity (Wildman–Crippen MR) is 57.9 cm³/mol. The highest BCUT2D eigenvalue weighted by molar-refractivity contribution is 14.1. The summed E-state index contributed by atoms with van der Waals surface area (Å²) in [5.41, 5.74) is 0. The lowest BCUT2D eigenvalue weighted by Gasteiger charge is -1.96. The lowest BCUT2D eigenvalue weighted by atomic mass is 10.2. The number of benzene rings is 1. The first-order valence-electron chi connectivity index (χ1n) is 3.27. The van der Waals surface area contributed by atoms with E-state index in [0.717, 1.165) is 13.7 Å². The maximum absolute atomic E-state index is 9.46. The molecule has 0 unspecified atom stereocenters. The molecule has 0 radical (unpaired) electrons. The zero-order valence-corrected chi connectivity index (χ0v) is 8.89. The van der Waals surface area contributed by atoms with Crippen molar-refractivity contribution in [3.8, 4) is 11.5 Å². The van der Waals surface area contributed by atoms with Crippen molar-refractivity contribution in [2.24, 2.45) is 0 Å². The van der Waals surface area contributed by atoms with Gasteiger partial charge in [-0.05, 0) is 28.7 Å². The van der Waals surface area contributed by atoms with Gasteiger partial charge in [-0.2, -0.15) is 0 Å². The molecule has 1 heterocycles. The van der Waals surface area contributed by atoms with E-state index in [1.54, 1.807) is 6.07 Å². The Kier molecular flexibility index (Phi) is 1.88. The van der Waals surface area contributed by atoms with Gasteiger partial charge >= 0.3 is 0 Å². The SMILES string of the molecule is Oc1cc(O)c2c(I)csc2c1. The van der Waals surface area contributed by atoms with Crippen LogP contribution in [0.2, 0.25) is 0 Å². The zero-order valence-electron chi connectivity index (χ0n) is 5.91. The van der Waals surface area contributed by atoms with E-state index in [9.17, 15) is 5.11 Å². The largest absolute Gasteiger partial charge is 0.508 e. The number of hydrogen-bond acceptors (Lipinski definition) is 3. The average Bonchev–Trinajstić information content (AvgIpc) is 2.31. The van der Waals surface area contributed by atoms with Crippen molar-refractivity contribution in [1.82, 2.24) is 0 Å². The van der Waals surface area contributed by atoms with Gasteiger partial charge in [-0.1, -0.05) is 0 Å². The van der Waals surface area contributed by atoms with Crippen molar-refractivity contribution in [3.63, 3.8) is 0 Å². The molecule has 2 aromatic rings. The summed E-state index contributed by atoms with van der Waals surface area (Å²) in [6, 6.07) is 3.01. The average molecular weight is 292 g/mol. The molecule has 0 atom stereocenters. The molecule has 0 aliphatic rings. The molecule has 1 aromatic carbocycles. The van der Waals surface area contributed by atoms with E-state index in [-0.39, 0.29) is 11.5 Å². The number of aromatic hydroxyl groups is 2. The Morgan fingerprint density at radius 3 is 2.75 bits per heavy atom. The molecule has 0 fully saturated rings. The molecule has 2 nitrogen and oxygen atoms in total. The van der Waals surface area contributed by atoms with E-state index in [0.29, 0.717) is 0 Å². The summed E-state index contributed by atoms with van der Waals surface area (Å²) < 4.78 is 1.93. The molecule has 0 saturated carbocycles. The third-order valence-corrected chi connectivity index (χ3v) is 3.80. The molecule has 0 aliphatic heterocycles. The predicted octanol–water partition coefficient (Wildman–Crippen LogP) is 2.92. The van der Waals surface area contributed by atoms with Gasteiger partial charge in [0.05, 0.1) is 0 Å². The first-order chi connectivity index (χ1) is 5.68. The maximum Gasteiger partial charge on any atom is 0.129 e. The van der Waals surface area contributed by atoms with Crippen LogP contribution >= 0.6 is 33.9 Å². The second-order valence-electron chi connectivity index (χ2n) is 2.42. The van der Waals surface area contributed by atoms with E-state index in [2.05, 4.69) is 22.6 Å². The van der Waals surface area contributed by atoms with Crippen LogP contribution in [0.4, 0.5) is 0 Å². The Morgan fingerprint density at radius 2 is 2.00 bits per heavy atom. The van der Waals surface area contributed by atoms with Crippen molar-refractivity contribution in [2.75, 3.05) is 0 Å². The van der Waals surface area contributed by atoms with Gasteiger partial charge in [0.15, 0.2) is 0 Å². The fourth-order valence-electron chi connectivity index (χ4n) is 1.09. The first kappa shape index (κ1) is 8.12. The summed E-state index contributed by atoms with van der Waals surface area (Å²) in [6.45, 7) is 0. The standard InChI is InChI=1S/C8H5IO2S/c9-5-3-12-7-2-4(10)1-6(11)8(5)7/h1-3,10-11H. The van der Waals surface area contributed by atoms with Gasteiger partial charge in [-0.3, -0.25) is 0 Å². The van der Waals surface area contributed by atoms with Crippen LogP contribution < -0.4 is 0 Å². The lowest BCUT2D eigenvalue weighted by Crippen LogP contribution is -1.70. The summed E-state index contributed by atoms with van der Waals surface area (Å²) >= 11 is 3.67. The molecule has 12 heavy (non-hydrogen) atoms. The van der Waals surface area contributed by atoms with Gasteiger partial charge in [-0.25, -0.2) is 0 Å². The Hall–Kier alpha value is -0.490. The second kappa shape index (κ2) is 2.77. The molecule has 2 rings (SSSR count). The van der Waals surface area contributed by atoms with Crippen LogP contribution in [0.5, 0.6) is 11.5 Å². The molecule has 1 aromatic heterocycles. The molecule has 62 valence electrons. The van der Waals surface area contributed by atoms with Gasteiger partial charge < -0.3 is 10.2 Å². The summed E-state index contributed by atoms with van der Waals surface area (Å²) in [6.07, 6.45) is 0. The Morgan fingerprint density at radius 1 is 1.25 bits per heavy atom. The van der Waals surface area contributed by atoms with Crippen molar-refractivity contribution in [2.45, 2.75) is 0 Å². The van der Waals surface area contributed by atoms with Gasteiger partial charge in [0.1, 0.15) is 11.5 Å². The van der Waals surface area contributed by atoms with Crippen LogP contribution in [0, 0.1) is 3.57 Å². The third-order valence-electron chi connectivity index (χ3n) is 1.59. The molecule has 0 saturated heterocycles. The number of phenols is 2.